The number of carbonyl (C=O) groups excluding carboxylic acids is 2. The molecule has 1 atom stereocenters. The third kappa shape index (κ3) is 5.27. The van der Waals surface area contributed by atoms with E-state index in [1.165, 1.54) is 4.90 Å². The van der Waals surface area contributed by atoms with Gasteiger partial charge in [0, 0.05) is 37.3 Å². The average molecular weight is 477 g/mol. The minimum atomic E-state index is -0.480. The summed E-state index contributed by atoms with van der Waals surface area (Å²) in [7, 11) is 0. The van der Waals surface area contributed by atoms with Crippen LogP contribution in [0, 0.1) is 20.8 Å². The molecule has 1 aliphatic heterocycles. The molecule has 0 saturated carbocycles. The van der Waals surface area contributed by atoms with Gasteiger partial charge >= 0.3 is 0 Å². The molecule has 2 aromatic heterocycles. The van der Waals surface area contributed by atoms with Gasteiger partial charge in [-0.05, 0) is 69.9 Å². The van der Waals surface area contributed by atoms with E-state index in [9.17, 15) is 14.4 Å². The first kappa shape index (κ1) is 24.6. The first-order valence-corrected chi connectivity index (χ1v) is 12.1. The van der Waals surface area contributed by atoms with Crippen LogP contribution in [-0.4, -0.2) is 52.1 Å². The van der Waals surface area contributed by atoms with Crippen molar-refractivity contribution in [2.75, 3.05) is 25.0 Å². The van der Waals surface area contributed by atoms with Crippen molar-refractivity contribution in [2.45, 2.75) is 53.2 Å². The summed E-state index contributed by atoms with van der Waals surface area (Å²) in [5.41, 5.74) is 3.74. The maximum absolute atomic E-state index is 13.7. The molecule has 1 N–H and O–H groups in total. The first-order valence-electron chi connectivity index (χ1n) is 12.1. The van der Waals surface area contributed by atoms with Gasteiger partial charge in [0.2, 0.25) is 11.3 Å². The monoisotopic (exact) mass is 476 g/mol. The van der Waals surface area contributed by atoms with Gasteiger partial charge in [-0.3, -0.25) is 14.4 Å². The van der Waals surface area contributed by atoms with Crippen LogP contribution in [0.1, 0.15) is 46.9 Å². The van der Waals surface area contributed by atoms with Crippen molar-refractivity contribution >= 4 is 28.5 Å². The maximum atomic E-state index is 13.7. The molecule has 1 aromatic carbocycles. The van der Waals surface area contributed by atoms with Gasteiger partial charge in [0.15, 0.2) is 0 Å². The van der Waals surface area contributed by atoms with Crippen molar-refractivity contribution in [1.82, 2.24) is 14.5 Å². The quantitative estimate of drug-likeness (QED) is 0.562. The van der Waals surface area contributed by atoms with Crippen molar-refractivity contribution in [3.63, 3.8) is 0 Å². The van der Waals surface area contributed by atoms with Gasteiger partial charge in [-0.1, -0.05) is 12.1 Å². The summed E-state index contributed by atoms with van der Waals surface area (Å²) in [5.74, 6) is -0.801. The molecule has 1 aliphatic rings. The Morgan fingerprint density at radius 1 is 1.20 bits per heavy atom. The maximum Gasteiger partial charge on any atom is 0.259 e. The number of nitrogens with one attached hydrogen (secondary N) is 1. The second kappa shape index (κ2) is 10.4. The number of hydrogen-bond acceptors (Lipinski definition) is 5. The number of pyridine rings is 2. The Bertz CT molecular complexity index is 1320. The van der Waals surface area contributed by atoms with E-state index < -0.39 is 5.91 Å². The molecule has 0 spiro atoms. The third-order valence-corrected chi connectivity index (χ3v) is 6.58. The number of aromatic nitrogens is 2. The van der Waals surface area contributed by atoms with E-state index in [0.29, 0.717) is 29.9 Å². The topological polar surface area (TPSA) is 93.5 Å². The van der Waals surface area contributed by atoms with Crippen LogP contribution < -0.4 is 10.7 Å². The van der Waals surface area contributed by atoms with Crippen LogP contribution in [0.2, 0.25) is 0 Å². The van der Waals surface area contributed by atoms with Crippen molar-refractivity contribution in [3.8, 4) is 0 Å². The lowest BCUT2D eigenvalue weighted by atomic mass is 10.1. The molecule has 8 heteroatoms. The third-order valence-electron chi connectivity index (χ3n) is 6.58. The number of fused-ring (bicyclic) bond motifs is 1. The highest BCUT2D eigenvalue weighted by atomic mass is 16.5. The van der Waals surface area contributed by atoms with E-state index in [1.807, 2.05) is 45.9 Å². The minimum Gasteiger partial charge on any atom is -0.376 e. The number of amides is 2. The van der Waals surface area contributed by atoms with Crippen LogP contribution in [0.25, 0.3) is 11.0 Å². The van der Waals surface area contributed by atoms with E-state index in [1.54, 1.807) is 22.9 Å². The summed E-state index contributed by atoms with van der Waals surface area (Å²) in [4.78, 5) is 46.0. The molecule has 0 radical (unpaired) electrons. The Balaban J connectivity index is 1.66. The zero-order valence-electron chi connectivity index (χ0n) is 20.8. The van der Waals surface area contributed by atoms with Crippen molar-refractivity contribution in [3.05, 3.63) is 69.1 Å². The van der Waals surface area contributed by atoms with E-state index in [0.717, 1.165) is 29.7 Å². The highest BCUT2D eigenvalue weighted by molar-refractivity contribution is 6.01. The summed E-state index contributed by atoms with van der Waals surface area (Å²) in [5, 5.41) is 3.31. The zero-order chi connectivity index (χ0) is 25.1. The molecule has 35 heavy (non-hydrogen) atoms. The highest BCUT2D eigenvalue weighted by Crippen LogP contribution is 2.19. The summed E-state index contributed by atoms with van der Waals surface area (Å²) < 4.78 is 7.55. The normalized spacial score (nSPS) is 15.4. The number of aryl methyl sites for hydroxylation is 3. The zero-order valence-corrected chi connectivity index (χ0v) is 20.8. The van der Waals surface area contributed by atoms with Gasteiger partial charge in [0.1, 0.15) is 17.8 Å². The standard InChI is InChI=1S/C27H32N4O4/c1-5-30-15-22(25(33)21-12-11-18(3)28-26(21)30)27(34)31(14-20-9-7-13-35-20)16-24(32)29-23-10-6-8-17(2)19(23)4/h6,8,10-12,15,20H,5,7,9,13-14,16H2,1-4H3,(H,29,32)/t20-/m0/s1. The lowest BCUT2D eigenvalue weighted by molar-refractivity contribution is -0.117. The largest absolute Gasteiger partial charge is 0.376 e. The van der Waals surface area contributed by atoms with Crippen LogP contribution in [0.15, 0.2) is 41.3 Å². The van der Waals surface area contributed by atoms with Crippen LogP contribution in [0.4, 0.5) is 5.69 Å². The second-order valence-electron chi connectivity index (χ2n) is 9.10. The Morgan fingerprint density at radius 3 is 2.71 bits per heavy atom. The molecular weight excluding hydrogens is 444 g/mol. The van der Waals surface area contributed by atoms with Gasteiger partial charge in [0.05, 0.1) is 11.5 Å². The second-order valence-corrected chi connectivity index (χ2v) is 9.10. The van der Waals surface area contributed by atoms with Crippen molar-refractivity contribution in [2.24, 2.45) is 0 Å². The molecule has 0 bridgehead atoms. The van der Waals surface area contributed by atoms with Crippen LogP contribution in [-0.2, 0) is 16.1 Å². The summed E-state index contributed by atoms with van der Waals surface area (Å²) in [6.07, 6.45) is 3.11. The number of ether oxygens (including phenoxy) is 1. The molecule has 4 rings (SSSR count). The Morgan fingerprint density at radius 2 is 2.00 bits per heavy atom. The van der Waals surface area contributed by atoms with E-state index in [-0.39, 0.29) is 36.1 Å². The SMILES string of the molecule is CCn1cc(C(=O)N(CC(=O)Nc2cccc(C)c2C)C[C@@H]2CCCO2)c(=O)c2ccc(C)nc21. The summed E-state index contributed by atoms with van der Waals surface area (Å²) in [6.45, 7) is 8.96. The molecule has 184 valence electrons. The van der Waals surface area contributed by atoms with Crippen molar-refractivity contribution < 1.29 is 14.3 Å². The van der Waals surface area contributed by atoms with Crippen LogP contribution in [0.3, 0.4) is 0 Å². The molecule has 1 fully saturated rings. The number of benzene rings is 1. The fraction of sp³-hybridized carbons (Fsp3) is 0.407. The number of rotatable bonds is 7. The summed E-state index contributed by atoms with van der Waals surface area (Å²) in [6, 6.07) is 9.17. The average Bonchev–Trinajstić information content (AvgIpc) is 3.34. The van der Waals surface area contributed by atoms with E-state index >= 15 is 0 Å². The number of anilines is 1. The Hall–Kier alpha value is -3.52. The molecule has 0 aliphatic carbocycles. The number of hydrogen-bond donors (Lipinski definition) is 1. The van der Waals surface area contributed by atoms with Gasteiger partial charge in [-0.25, -0.2) is 4.98 Å². The molecular formula is C27H32N4O4. The summed E-state index contributed by atoms with van der Waals surface area (Å²) >= 11 is 0. The van der Waals surface area contributed by atoms with Gasteiger partial charge in [-0.2, -0.15) is 0 Å². The van der Waals surface area contributed by atoms with Crippen molar-refractivity contribution in [1.29, 1.82) is 0 Å². The van der Waals surface area contributed by atoms with Gasteiger partial charge in [-0.15, -0.1) is 0 Å². The lowest BCUT2D eigenvalue weighted by Crippen LogP contribution is -2.44. The van der Waals surface area contributed by atoms with E-state index in [4.69, 9.17) is 4.74 Å². The van der Waals surface area contributed by atoms with Crippen LogP contribution >= 0.6 is 0 Å². The molecule has 3 aromatic rings. The molecule has 3 heterocycles. The molecule has 0 unspecified atom stereocenters. The minimum absolute atomic E-state index is 0.0301. The van der Waals surface area contributed by atoms with E-state index in [2.05, 4.69) is 10.3 Å². The Labute approximate surface area is 204 Å². The highest BCUT2D eigenvalue weighted by Gasteiger charge is 2.28. The smallest absolute Gasteiger partial charge is 0.259 e. The van der Waals surface area contributed by atoms with Gasteiger partial charge in [0.25, 0.3) is 5.91 Å². The lowest BCUT2D eigenvalue weighted by Gasteiger charge is -2.25. The molecule has 1 saturated heterocycles. The fourth-order valence-corrected chi connectivity index (χ4v) is 4.43. The predicted molar refractivity (Wildman–Crippen MR) is 136 cm³/mol. The predicted octanol–water partition coefficient (Wildman–Crippen LogP) is 3.60. The Kier molecular flexibility index (Phi) is 7.31. The molecule has 8 nitrogen and oxygen atoms in total. The first-order chi connectivity index (χ1) is 16.8. The van der Waals surface area contributed by atoms with Crippen LogP contribution in [0.5, 0.6) is 0 Å². The molecule has 2 amide bonds. The fourth-order valence-electron chi connectivity index (χ4n) is 4.43. The van der Waals surface area contributed by atoms with Gasteiger partial charge < -0.3 is 19.5 Å². The number of nitrogens with zero attached hydrogens (tertiary/aromatic N) is 3. The number of carbonyl (C=O) groups is 2.